The number of β-amino-alcohol motifs (C(OH)–C–C–N with tert-alkyl or cyclic N) is 1. The third-order valence-electron chi connectivity index (χ3n) is 2.64. The van der Waals surface area contributed by atoms with Gasteiger partial charge in [-0.3, -0.25) is 0 Å². The highest BCUT2D eigenvalue weighted by atomic mass is 19.1. The Bertz CT molecular complexity index is 143. The van der Waals surface area contributed by atoms with Gasteiger partial charge in [0.15, 0.2) is 0 Å². The maximum Gasteiger partial charge on any atom is 0.117 e. The molecule has 1 heterocycles. The minimum atomic E-state index is -0.787. The lowest BCUT2D eigenvalue weighted by molar-refractivity contribution is 0.0867. The van der Waals surface area contributed by atoms with Crippen LogP contribution in [-0.2, 0) is 0 Å². The van der Waals surface area contributed by atoms with Crippen molar-refractivity contribution in [1.29, 1.82) is 0 Å². The summed E-state index contributed by atoms with van der Waals surface area (Å²) in [5.74, 6) is 0.689. The van der Waals surface area contributed by atoms with Crippen LogP contribution in [0.4, 0.5) is 4.39 Å². The van der Waals surface area contributed by atoms with Crippen LogP contribution in [0.2, 0.25) is 0 Å². The van der Waals surface area contributed by atoms with Crippen LogP contribution in [0, 0.1) is 5.92 Å². The monoisotopic (exact) mass is 189 g/mol. The lowest BCUT2D eigenvalue weighted by Gasteiger charge is -2.23. The lowest BCUT2D eigenvalue weighted by atomic mass is 10.1. The third kappa shape index (κ3) is 4.05. The van der Waals surface area contributed by atoms with E-state index in [1.807, 2.05) is 0 Å². The van der Waals surface area contributed by atoms with Crippen LogP contribution in [0.15, 0.2) is 0 Å². The van der Waals surface area contributed by atoms with E-state index >= 15 is 0 Å². The van der Waals surface area contributed by atoms with Gasteiger partial charge in [-0.05, 0) is 25.3 Å². The van der Waals surface area contributed by atoms with Crippen LogP contribution in [-0.4, -0.2) is 42.4 Å². The molecule has 3 heteroatoms. The van der Waals surface area contributed by atoms with Gasteiger partial charge in [0.25, 0.3) is 0 Å². The molecule has 0 aliphatic carbocycles. The Hall–Kier alpha value is -0.150. The molecule has 0 aromatic heterocycles. The quantitative estimate of drug-likeness (QED) is 0.726. The summed E-state index contributed by atoms with van der Waals surface area (Å²) in [7, 11) is 0. The predicted octanol–water partition coefficient (Wildman–Crippen LogP) is 1.44. The summed E-state index contributed by atoms with van der Waals surface area (Å²) < 4.78 is 12.1. The van der Waals surface area contributed by atoms with Gasteiger partial charge < -0.3 is 10.0 Å². The van der Waals surface area contributed by atoms with Gasteiger partial charge >= 0.3 is 0 Å². The second kappa shape index (κ2) is 5.55. The first-order valence-electron chi connectivity index (χ1n) is 5.18. The molecule has 2 unspecified atom stereocenters. The minimum absolute atomic E-state index is 0.501. The normalized spacial score (nSPS) is 28.4. The molecule has 2 nitrogen and oxygen atoms in total. The highest BCUT2D eigenvalue weighted by molar-refractivity contribution is 4.70. The number of halogens is 1. The molecule has 1 rings (SSSR count). The molecule has 0 spiro atoms. The van der Waals surface area contributed by atoms with Crippen molar-refractivity contribution < 1.29 is 9.50 Å². The van der Waals surface area contributed by atoms with E-state index in [1.54, 1.807) is 0 Å². The van der Waals surface area contributed by atoms with E-state index in [9.17, 15) is 9.50 Å². The second-order valence-electron chi connectivity index (χ2n) is 4.17. The van der Waals surface area contributed by atoms with Gasteiger partial charge in [0.1, 0.15) is 6.67 Å². The van der Waals surface area contributed by atoms with Crippen LogP contribution in [0.25, 0.3) is 0 Å². The zero-order valence-corrected chi connectivity index (χ0v) is 8.38. The molecular weight excluding hydrogens is 169 g/mol. The molecule has 1 fully saturated rings. The molecule has 2 atom stereocenters. The number of alkyl halides is 1. The maximum atomic E-state index is 12.1. The average molecular weight is 189 g/mol. The Morgan fingerprint density at radius 3 is 3.00 bits per heavy atom. The van der Waals surface area contributed by atoms with E-state index in [0.717, 1.165) is 13.1 Å². The largest absolute Gasteiger partial charge is 0.389 e. The van der Waals surface area contributed by atoms with Crippen molar-refractivity contribution in [3.63, 3.8) is 0 Å². The van der Waals surface area contributed by atoms with Gasteiger partial charge in [-0.2, -0.15) is 0 Å². The van der Waals surface area contributed by atoms with E-state index in [-0.39, 0.29) is 0 Å². The van der Waals surface area contributed by atoms with Crippen molar-refractivity contribution in [1.82, 2.24) is 4.90 Å². The molecule has 1 aliphatic heterocycles. The fraction of sp³-hybridized carbons (Fsp3) is 1.00. The summed E-state index contributed by atoms with van der Waals surface area (Å²) in [5.41, 5.74) is 0. The van der Waals surface area contributed by atoms with Gasteiger partial charge in [0.2, 0.25) is 0 Å². The van der Waals surface area contributed by atoms with Crippen LogP contribution in [0.5, 0.6) is 0 Å². The molecule has 0 bridgehead atoms. The molecule has 1 N–H and O–H groups in total. The zero-order valence-electron chi connectivity index (χ0n) is 8.38. The van der Waals surface area contributed by atoms with Gasteiger partial charge in [0.05, 0.1) is 6.10 Å². The lowest BCUT2D eigenvalue weighted by Crippen LogP contribution is -2.35. The average Bonchev–Trinajstić information content (AvgIpc) is 2.30. The first-order valence-corrected chi connectivity index (χ1v) is 5.18. The minimum Gasteiger partial charge on any atom is -0.389 e. The van der Waals surface area contributed by atoms with Gasteiger partial charge in [0, 0.05) is 13.1 Å². The summed E-state index contributed by atoms with van der Waals surface area (Å²) in [4.78, 5) is 2.18. The Morgan fingerprint density at radius 1 is 1.54 bits per heavy atom. The van der Waals surface area contributed by atoms with Crippen molar-refractivity contribution >= 4 is 0 Å². The van der Waals surface area contributed by atoms with Crippen molar-refractivity contribution in [3.8, 4) is 0 Å². The van der Waals surface area contributed by atoms with E-state index in [4.69, 9.17) is 0 Å². The smallest absolute Gasteiger partial charge is 0.117 e. The van der Waals surface area contributed by atoms with Crippen molar-refractivity contribution in [2.75, 3.05) is 26.3 Å². The Kier molecular flexibility index (Phi) is 4.67. The maximum absolute atomic E-state index is 12.1. The first kappa shape index (κ1) is 10.9. The summed E-state index contributed by atoms with van der Waals surface area (Å²) in [6.07, 6.45) is 2.93. The van der Waals surface area contributed by atoms with Crippen molar-refractivity contribution in [2.24, 2.45) is 5.92 Å². The molecule has 0 saturated carbocycles. The standard InChI is InChI=1S/C10H20FNO/c1-9-4-2-3-5-12(7-9)8-10(13)6-11/h9-10,13H,2-8H2,1H3. The SMILES string of the molecule is CC1CCCCN(CC(O)CF)C1. The van der Waals surface area contributed by atoms with Gasteiger partial charge in [-0.15, -0.1) is 0 Å². The van der Waals surface area contributed by atoms with E-state index < -0.39 is 12.8 Å². The number of hydrogen-bond acceptors (Lipinski definition) is 2. The van der Waals surface area contributed by atoms with Crippen LogP contribution in [0.1, 0.15) is 26.2 Å². The van der Waals surface area contributed by atoms with Crippen LogP contribution in [0.3, 0.4) is 0 Å². The Balaban J connectivity index is 2.30. The second-order valence-corrected chi connectivity index (χ2v) is 4.17. The third-order valence-corrected chi connectivity index (χ3v) is 2.64. The highest BCUT2D eigenvalue weighted by Crippen LogP contribution is 2.15. The molecular formula is C10H20FNO. The van der Waals surface area contributed by atoms with Gasteiger partial charge in [-0.1, -0.05) is 13.3 Å². The number of likely N-dealkylation sites (tertiary alicyclic amines) is 1. The first-order chi connectivity index (χ1) is 6.22. The molecule has 0 amide bonds. The Morgan fingerprint density at radius 2 is 2.31 bits per heavy atom. The van der Waals surface area contributed by atoms with Crippen molar-refractivity contribution in [3.05, 3.63) is 0 Å². The number of aliphatic hydroxyl groups is 1. The molecule has 0 aromatic rings. The molecule has 13 heavy (non-hydrogen) atoms. The van der Waals surface area contributed by atoms with Crippen LogP contribution < -0.4 is 0 Å². The number of aliphatic hydroxyl groups excluding tert-OH is 1. The fourth-order valence-corrected chi connectivity index (χ4v) is 1.96. The Labute approximate surface area is 79.7 Å². The van der Waals surface area contributed by atoms with E-state index in [1.165, 1.54) is 19.3 Å². The topological polar surface area (TPSA) is 23.5 Å². The molecule has 1 aliphatic rings. The summed E-state index contributed by atoms with van der Waals surface area (Å²) in [6, 6.07) is 0. The number of rotatable bonds is 3. The zero-order chi connectivity index (χ0) is 9.68. The predicted molar refractivity (Wildman–Crippen MR) is 51.4 cm³/mol. The van der Waals surface area contributed by atoms with Crippen LogP contribution >= 0.6 is 0 Å². The van der Waals surface area contributed by atoms with Crippen molar-refractivity contribution in [2.45, 2.75) is 32.3 Å². The number of nitrogens with zero attached hydrogens (tertiary/aromatic N) is 1. The molecule has 78 valence electrons. The molecule has 0 aromatic carbocycles. The summed E-state index contributed by atoms with van der Waals surface area (Å²) in [6.45, 7) is 4.13. The van der Waals surface area contributed by atoms with E-state index in [2.05, 4.69) is 11.8 Å². The highest BCUT2D eigenvalue weighted by Gasteiger charge is 2.16. The summed E-state index contributed by atoms with van der Waals surface area (Å²) >= 11 is 0. The van der Waals surface area contributed by atoms with Gasteiger partial charge in [-0.25, -0.2) is 4.39 Å². The van der Waals surface area contributed by atoms with E-state index in [0.29, 0.717) is 12.5 Å². The molecule has 1 saturated heterocycles. The number of hydrogen-bond donors (Lipinski definition) is 1. The summed E-state index contributed by atoms with van der Waals surface area (Å²) in [5, 5.41) is 9.17. The fourth-order valence-electron chi connectivity index (χ4n) is 1.96. The molecule has 0 radical (unpaired) electrons.